The van der Waals surface area contributed by atoms with E-state index in [1.807, 2.05) is 0 Å². The van der Waals surface area contributed by atoms with Crippen molar-refractivity contribution >= 4 is 18.4 Å². The lowest BCUT2D eigenvalue weighted by Gasteiger charge is -1.59. The van der Waals surface area contributed by atoms with Crippen molar-refractivity contribution in [3.05, 3.63) is 0 Å². The molecule has 0 aliphatic rings. The third-order valence-corrected chi connectivity index (χ3v) is 0. The van der Waals surface area contributed by atoms with E-state index in [-0.39, 0.29) is 17.1 Å². The van der Waals surface area contributed by atoms with Gasteiger partial charge in [0.25, 0.3) is 5.97 Å². The quantitative estimate of drug-likeness (QED) is 0.505. The highest BCUT2D eigenvalue weighted by Crippen LogP contribution is 1.42. The highest BCUT2D eigenvalue weighted by molar-refractivity contribution is 5.85. The molecule has 0 saturated carbocycles. The zero-order valence-corrected chi connectivity index (χ0v) is 3.99. The molecule has 0 aliphatic heterocycles. The van der Waals surface area contributed by atoms with Gasteiger partial charge < -0.3 is 5.11 Å². The largest absolute Gasteiger partial charge is 0.481 e. The Morgan fingerprint density at radius 2 is 1.67 bits per heavy atom. The summed E-state index contributed by atoms with van der Waals surface area (Å²) in [6.45, 7) is 1.08. The fraction of sp³-hybridized carbons (Fsp3) is 0.500. The van der Waals surface area contributed by atoms with Crippen LogP contribution in [0.4, 0.5) is 4.70 Å². The van der Waals surface area contributed by atoms with Crippen LogP contribution in [-0.2, 0) is 4.79 Å². The molecule has 0 atom stereocenters. The second kappa shape index (κ2) is 8.83. The number of aliphatic carboxylic acids is 1. The van der Waals surface area contributed by atoms with Crippen LogP contribution in [-0.4, -0.2) is 11.1 Å². The standard InChI is InChI=1S/C2H4O2.ClH.FH/c1-2(3)4;;/h1H3,(H,3,4);2*1H. The zero-order valence-electron chi connectivity index (χ0n) is 3.17. The topological polar surface area (TPSA) is 37.3 Å². The Morgan fingerprint density at radius 1 is 1.67 bits per heavy atom. The first-order valence-electron chi connectivity index (χ1n) is 0.928. The smallest absolute Gasteiger partial charge is 0.300 e. The van der Waals surface area contributed by atoms with Gasteiger partial charge in [0.05, 0.1) is 0 Å². The summed E-state index contributed by atoms with van der Waals surface area (Å²) in [6, 6.07) is 0. The molecule has 4 heteroatoms. The van der Waals surface area contributed by atoms with Gasteiger partial charge in [-0.25, -0.2) is 0 Å². The van der Waals surface area contributed by atoms with E-state index >= 15 is 0 Å². The van der Waals surface area contributed by atoms with Gasteiger partial charge in [-0.05, 0) is 0 Å². The number of halogens is 2. The second-order valence-electron chi connectivity index (χ2n) is 0.519. The molecule has 0 amide bonds. The average Bonchev–Trinajstić information content (AvgIpc) is 0.811. The Kier molecular flexibility index (Phi) is 25.4. The Labute approximate surface area is 40.9 Å². The molecule has 0 aliphatic carbocycles. The van der Waals surface area contributed by atoms with E-state index < -0.39 is 5.97 Å². The Bertz CT molecular complexity index is 34.5. The summed E-state index contributed by atoms with van der Waals surface area (Å²) in [5, 5.41) is 7.42. The number of hydrogen-bond donors (Lipinski definition) is 1. The molecular weight excluding hydrogens is 110 g/mol. The van der Waals surface area contributed by atoms with Crippen molar-refractivity contribution in [2.24, 2.45) is 0 Å². The van der Waals surface area contributed by atoms with Gasteiger partial charge in [0.1, 0.15) is 0 Å². The van der Waals surface area contributed by atoms with Crippen molar-refractivity contribution in [1.82, 2.24) is 0 Å². The molecule has 0 aromatic rings. The van der Waals surface area contributed by atoms with Crippen molar-refractivity contribution in [2.75, 3.05) is 0 Å². The SMILES string of the molecule is CC(=O)O.Cl.F. The zero-order chi connectivity index (χ0) is 3.58. The maximum atomic E-state index is 9.00. The summed E-state index contributed by atoms with van der Waals surface area (Å²) in [6.07, 6.45) is 0. The maximum Gasteiger partial charge on any atom is 0.300 e. The van der Waals surface area contributed by atoms with Crippen molar-refractivity contribution in [2.45, 2.75) is 6.92 Å². The molecule has 0 aromatic heterocycles. The van der Waals surface area contributed by atoms with E-state index in [1.54, 1.807) is 0 Å². The van der Waals surface area contributed by atoms with E-state index in [9.17, 15) is 0 Å². The van der Waals surface area contributed by atoms with Crippen LogP contribution in [0.5, 0.6) is 0 Å². The highest BCUT2D eigenvalue weighted by Gasteiger charge is 1.65. The van der Waals surface area contributed by atoms with Gasteiger partial charge in [-0.2, -0.15) is 0 Å². The number of rotatable bonds is 0. The molecule has 0 fully saturated rings. The predicted molar refractivity (Wildman–Crippen MR) is 23.1 cm³/mol. The highest BCUT2D eigenvalue weighted by atomic mass is 35.5. The van der Waals surface area contributed by atoms with Crippen LogP contribution in [0.15, 0.2) is 0 Å². The molecule has 0 radical (unpaired) electrons. The van der Waals surface area contributed by atoms with E-state index in [1.165, 1.54) is 0 Å². The van der Waals surface area contributed by atoms with Crippen LogP contribution in [0.2, 0.25) is 0 Å². The van der Waals surface area contributed by atoms with E-state index in [4.69, 9.17) is 9.90 Å². The van der Waals surface area contributed by atoms with E-state index in [2.05, 4.69) is 0 Å². The summed E-state index contributed by atoms with van der Waals surface area (Å²) in [7, 11) is 0. The molecule has 0 rings (SSSR count). The number of carboxylic acid groups (broad SMARTS) is 1. The Balaban J connectivity index is -0.0000000450. The predicted octanol–water partition coefficient (Wildman–Crippen LogP) is 0.665. The molecular formula is C2H6ClFO2. The normalized spacial score (nSPS) is 4.17. The molecule has 0 spiro atoms. The lowest BCUT2D eigenvalue weighted by Crippen LogP contribution is -1.78. The molecule has 2 nitrogen and oxygen atoms in total. The minimum Gasteiger partial charge on any atom is -0.481 e. The Morgan fingerprint density at radius 3 is 1.67 bits per heavy atom. The lowest BCUT2D eigenvalue weighted by molar-refractivity contribution is -0.134. The first-order chi connectivity index (χ1) is 1.73. The molecule has 0 unspecified atom stereocenters. The maximum absolute atomic E-state index is 9.00. The van der Waals surface area contributed by atoms with Gasteiger partial charge in [0, 0.05) is 6.92 Å². The van der Waals surface area contributed by atoms with Crippen LogP contribution in [0.3, 0.4) is 0 Å². The molecule has 6 heavy (non-hydrogen) atoms. The van der Waals surface area contributed by atoms with E-state index in [0.29, 0.717) is 0 Å². The molecule has 0 heterocycles. The van der Waals surface area contributed by atoms with Gasteiger partial charge in [0.2, 0.25) is 0 Å². The van der Waals surface area contributed by atoms with Crippen molar-refractivity contribution in [3.63, 3.8) is 0 Å². The third-order valence-electron chi connectivity index (χ3n) is 0. The monoisotopic (exact) mass is 116 g/mol. The fourth-order valence-electron chi connectivity index (χ4n) is 0. The average molecular weight is 117 g/mol. The van der Waals surface area contributed by atoms with Crippen molar-refractivity contribution in [1.29, 1.82) is 0 Å². The van der Waals surface area contributed by atoms with E-state index in [0.717, 1.165) is 6.92 Å². The molecule has 40 valence electrons. The van der Waals surface area contributed by atoms with Gasteiger partial charge >= 0.3 is 0 Å². The minimum atomic E-state index is -0.833. The first-order valence-corrected chi connectivity index (χ1v) is 0.928. The van der Waals surface area contributed by atoms with Gasteiger partial charge in [-0.15, -0.1) is 12.4 Å². The Hall–Kier alpha value is -0.310. The first kappa shape index (κ1) is 17.3. The number of carboxylic acids is 1. The summed E-state index contributed by atoms with van der Waals surface area (Å²) in [4.78, 5) is 9.00. The minimum absolute atomic E-state index is 0. The lowest BCUT2D eigenvalue weighted by atomic mass is 10.9. The van der Waals surface area contributed by atoms with Crippen LogP contribution in [0.1, 0.15) is 6.92 Å². The molecule has 0 saturated heterocycles. The van der Waals surface area contributed by atoms with Crippen LogP contribution in [0, 0.1) is 0 Å². The van der Waals surface area contributed by atoms with Gasteiger partial charge in [-0.3, -0.25) is 9.50 Å². The van der Waals surface area contributed by atoms with Crippen LogP contribution in [0.25, 0.3) is 0 Å². The van der Waals surface area contributed by atoms with Crippen LogP contribution >= 0.6 is 12.4 Å². The summed E-state index contributed by atoms with van der Waals surface area (Å²) < 4.78 is 0. The molecule has 0 bridgehead atoms. The summed E-state index contributed by atoms with van der Waals surface area (Å²) in [5.41, 5.74) is 0. The number of carbonyl (C=O) groups is 1. The van der Waals surface area contributed by atoms with Crippen LogP contribution < -0.4 is 0 Å². The number of hydrogen-bond acceptors (Lipinski definition) is 1. The fourth-order valence-corrected chi connectivity index (χ4v) is 0. The summed E-state index contributed by atoms with van der Waals surface area (Å²) >= 11 is 0. The molecule has 1 N–H and O–H groups in total. The van der Waals surface area contributed by atoms with Crippen molar-refractivity contribution < 1.29 is 14.6 Å². The second-order valence-corrected chi connectivity index (χ2v) is 0.519. The summed E-state index contributed by atoms with van der Waals surface area (Å²) in [5.74, 6) is -0.833. The van der Waals surface area contributed by atoms with Gasteiger partial charge in [0.15, 0.2) is 0 Å². The third kappa shape index (κ3) is 278. The molecule has 0 aromatic carbocycles. The van der Waals surface area contributed by atoms with Crippen molar-refractivity contribution in [3.8, 4) is 0 Å². The van der Waals surface area contributed by atoms with Gasteiger partial charge in [-0.1, -0.05) is 0 Å².